The lowest BCUT2D eigenvalue weighted by atomic mass is 10.1. The smallest absolute Gasteiger partial charge is 0.310 e. The van der Waals surface area contributed by atoms with E-state index in [4.69, 9.17) is 4.74 Å². The molecule has 1 amide bonds. The van der Waals surface area contributed by atoms with Gasteiger partial charge in [0, 0.05) is 17.7 Å². The summed E-state index contributed by atoms with van der Waals surface area (Å²) in [6, 6.07) is 15.7. The topological polar surface area (TPSA) is 72.5 Å². The number of Topliss-reactive ketones (excluding diaryl/α,β-unsaturated/α-hetero) is 1. The number of ketones is 1. The number of hydrogen-bond donors (Lipinski definition) is 1. The normalized spacial score (nSPS) is 10.0. The minimum atomic E-state index is -0.443. The predicted molar refractivity (Wildman–Crippen MR) is 90.8 cm³/mol. The van der Waals surface area contributed by atoms with Gasteiger partial charge >= 0.3 is 5.97 Å². The van der Waals surface area contributed by atoms with Crippen molar-refractivity contribution in [3.63, 3.8) is 0 Å². The maximum atomic E-state index is 12.0. The van der Waals surface area contributed by atoms with Crippen LogP contribution < -0.4 is 5.32 Å². The van der Waals surface area contributed by atoms with Crippen molar-refractivity contribution in [1.82, 2.24) is 0 Å². The molecule has 0 saturated carbocycles. The fourth-order valence-corrected chi connectivity index (χ4v) is 2.03. The van der Waals surface area contributed by atoms with E-state index in [0.717, 1.165) is 5.56 Å². The average Bonchev–Trinajstić information content (AvgIpc) is 2.61. The molecule has 0 radical (unpaired) electrons. The Morgan fingerprint density at radius 3 is 2.25 bits per heavy atom. The fourth-order valence-electron chi connectivity index (χ4n) is 2.03. The number of carbonyl (C=O) groups is 3. The molecule has 0 atom stereocenters. The van der Waals surface area contributed by atoms with Crippen molar-refractivity contribution in [2.75, 3.05) is 11.9 Å². The van der Waals surface area contributed by atoms with Gasteiger partial charge in [-0.05, 0) is 29.8 Å². The van der Waals surface area contributed by atoms with Gasteiger partial charge in [0.15, 0.2) is 12.4 Å². The summed E-state index contributed by atoms with van der Waals surface area (Å²) in [6.07, 6.45) is 0.522. The summed E-state index contributed by atoms with van der Waals surface area (Å²) in [7, 11) is 0. The van der Waals surface area contributed by atoms with Gasteiger partial charge in [-0.15, -0.1) is 0 Å². The van der Waals surface area contributed by atoms with Gasteiger partial charge in [0.2, 0.25) is 5.91 Å². The first-order chi connectivity index (χ1) is 11.6. The van der Waals surface area contributed by atoms with Crippen molar-refractivity contribution < 1.29 is 19.1 Å². The number of amides is 1. The second-order valence-electron chi connectivity index (χ2n) is 5.23. The van der Waals surface area contributed by atoms with Crippen molar-refractivity contribution in [2.45, 2.75) is 19.8 Å². The zero-order valence-electron chi connectivity index (χ0n) is 13.5. The maximum Gasteiger partial charge on any atom is 0.310 e. The summed E-state index contributed by atoms with van der Waals surface area (Å²) in [5.41, 5.74) is 1.89. The molecule has 5 heteroatoms. The summed E-state index contributed by atoms with van der Waals surface area (Å²) < 4.78 is 5.02. The Kier molecular flexibility index (Phi) is 6.25. The van der Waals surface area contributed by atoms with Gasteiger partial charge in [0.25, 0.3) is 0 Å². The van der Waals surface area contributed by atoms with Crippen molar-refractivity contribution >= 4 is 23.3 Å². The molecule has 2 aromatic rings. The maximum absolute atomic E-state index is 12.0. The zero-order chi connectivity index (χ0) is 17.4. The summed E-state index contributed by atoms with van der Waals surface area (Å²) in [6.45, 7) is 1.46. The standard InChI is InChI=1S/C19H19NO4/c1-2-18(22)20-16-10-8-15(9-11-16)17(21)13-24-19(23)12-14-6-4-3-5-7-14/h3-11H,2,12-13H2,1H3,(H,20,22). The molecule has 0 unspecified atom stereocenters. The van der Waals surface area contributed by atoms with Crippen LogP contribution in [0.1, 0.15) is 29.3 Å². The minimum absolute atomic E-state index is 0.0936. The van der Waals surface area contributed by atoms with Crippen LogP contribution in [0.3, 0.4) is 0 Å². The van der Waals surface area contributed by atoms with E-state index in [9.17, 15) is 14.4 Å². The molecule has 0 aliphatic heterocycles. The third-order valence-corrected chi connectivity index (χ3v) is 3.37. The zero-order valence-corrected chi connectivity index (χ0v) is 13.5. The molecule has 2 rings (SSSR count). The van der Waals surface area contributed by atoms with Crippen LogP contribution >= 0.6 is 0 Å². The van der Waals surface area contributed by atoms with Crippen LogP contribution in [-0.2, 0) is 20.7 Å². The average molecular weight is 325 g/mol. The molecule has 0 aromatic heterocycles. The molecule has 2 aromatic carbocycles. The van der Waals surface area contributed by atoms with Gasteiger partial charge in [-0.3, -0.25) is 14.4 Å². The number of rotatable bonds is 7. The molecule has 5 nitrogen and oxygen atoms in total. The van der Waals surface area contributed by atoms with E-state index in [0.29, 0.717) is 17.7 Å². The molecular weight excluding hydrogens is 306 g/mol. The monoisotopic (exact) mass is 325 g/mol. The van der Waals surface area contributed by atoms with Crippen LogP contribution in [0.25, 0.3) is 0 Å². The van der Waals surface area contributed by atoms with E-state index < -0.39 is 5.97 Å². The molecule has 1 N–H and O–H groups in total. The Morgan fingerprint density at radius 2 is 1.62 bits per heavy atom. The summed E-state index contributed by atoms with van der Waals surface area (Å²) in [5, 5.41) is 2.70. The highest BCUT2D eigenvalue weighted by Gasteiger charge is 2.11. The first kappa shape index (κ1) is 17.4. The van der Waals surface area contributed by atoms with Crippen LogP contribution in [-0.4, -0.2) is 24.3 Å². The van der Waals surface area contributed by atoms with Crippen molar-refractivity contribution in [2.24, 2.45) is 0 Å². The lowest BCUT2D eigenvalue weighted by Gasteiger charge is -2.06. The van der Waals surface area contributed by atoms with Gasteiger partial charge in [-0.1, -0.05) is 37.3 Å². The first-order valence-corrected chi connectivity index (χ1v) is 7.71. The highest BCUT2D eigenvalue weighted by Crippen LogP contribution is 2.11. The predicted octanol–water partition coefficient (Wildman–Crippen LogP) is 3.00. The summed E-state index contributed by atoms with van der Waals surface area (Å²) in [4.78, 5) is 35.1. The molecule has 0 bridgehead atoms. The number of anilines is 1. The van der Waals surface area contributed by atoms with E-state index in [-0.39, 0.29) is 24.7 Å². The minimum Gasteiger partial charge on any atom is -0.457 e. The van der Waals surface area contributed by atoms with E-state index in [1.807, 2.05) is 30.3 Å². The molecule has 0 aliphatic rings. The van der Waals surface area contributed by atoms with Crippen LogP contribution in [0.15, 0.2) is 54.6 Å². The number of nitrogens with one attached hydrogen (secondary N) is 1. The van der Waals surface area contributed by atoms with Crippen molar-refractivity contribution in [3.8, 4) is 0 Å². The highest BCUT2D eigenvalue weighted by molar-refractivity contribution is 5.98. The third-order valence-electron chi connectivity index (χ3n) is 3.37. The van der Waals surface area contributed by atoms with Gasteiger partial charge in [-0.2, -0.15) is 0 Å². The molecule has 24 heavy (non-hydrogen) atoms. The quantitative estimate of drug-likeness (QED) is 0.627. The Labute approximate surface area is 140 Å². The van der Waals surface area contributed by atoms with Crippen LogP contribution in [0.5, 0.6) is 0 Å². The number of hydrogen-bond acceptors (Lipinski definition) is 4. The summed E-state index contributed by atoms with van der Waals surface area (Å²) >= 11 is 0. The Balaban J connectivity index is 1.83. The van der Waals surface area contributed by atoms with Gasteiger partial charge in [-0.25, -0.2) is 0 Å². The molecule has 0 heterocycles. The molecule has 0 spiro atoms. The Bertz CT molecular complexity index is 708. The number of ether oxygens (including phenoxy) is 1. The van der Waals surface area contributed by atoms with E-state index >= 15 is 0 Å². The van der Waals surface area contributed by atoms with Gasteiger partial charge < -0.3 is 10.1 Å². The Hall–Kier alpha value is -2.95. The van der Waals surface area contributed by atoms with Gasteiger partial charge in [0.1, 0.15) is 0 Å². The van der Waals surface area contributed by atoms with E-state index in [1.165, 1.54) is 0 Å². The molecular formula is C19H19NO4. The lowest BCUT2D eigenvalue weighted by molar-refractivity contribution is -0.141. The highest BCUT2D eigenvalue weighted by atomic mass is 16.5. The lowest BCUT2D eigenvalue weighted by Crippen LogP contribution is -2.16. The molecule has 0 aliphatic carbocycles. The second kappa shape index (κ2) is 8.62. The largest absolute Gasteiger partial charge is 0.457 e. The van der Waals surface area contributed by atoms with Crippen LogP contribution in [0.4, 0.5) is 5.69 Å². The third kappa shape index (κ3) is 5.35. The van der Waals surface area contributed by atoms with Gasteiger partial charge in [0.05, 0.1) is 6.42 Å². The Morgan fingerprint density at radius 1 is 0.958 bits per heavy atom. The SMILES string of the molecule is CCC(=O)Nc1ccc(C(=O)COC(=O)Cc2ccccc2)cc1. The second-order valence-corrected chi connectivity index (χ2v) is 5.23. The molecule has 0 saturated heterocycles. The van der Waals surface area contributed by atoms with E-state index in [2.05, 4.69) is 5.32 Å². The fraction of sp³-hybridized carbons (Fsp3) is 0.211. The molecule has 0 fully saturated rings. The van der Waals surface area contributed by atoms with Crippen LogP contribution in [0, 0.1) is 0 Å². The van der Waals surface area contributed by atoms with Crippen LogP contribution in [0.2, 0.25) is 0 Å². The number of benzene rings is 2. The van der Waals surface area contributed by atoms with Crippen molar-refractivity contribution in [1.29, 1.82) is 0 Å². The first-order valence-electron chi connectivity index (χ1n) is 7.71. The summed E-state index contributed by atoms with van der Waals surface area (Å²) in [5.74, 6) is -0.824. The molecule has 124 valence electrons. The van der Waals surface area contributed by atoms with Crippen molar-refractivity contribution in [3.05, 3.63) is 65.7 Å². The van der Waals surface area contributed by atoms with E-state index in [1.54, 1.807) is 31.2 Å². The number of carbonyl (C=O) groups excluding carboxylic acids is 3. The number of esters is 1.